The van der Waals surface area contributed by atoms with E-state index in [1.165, 1.54) is 16.8 Å². The lowest BCUT2D eigenvalue weighted by Gasteiger charge is -2.08. The normalized spacial score (nSPS) is 10.4. The topological polar surface area (TPSA) is 64.0 Å². The zero-order valence-electron chi connectivity index (χ0n) is 12.0. The molecule has 1 amide bonds. The van der Waals surface area contributed by atoms with Crippen molar-refractivity contribution in [3.8, 4) is 0 Å². The Kier molecular flexibility index (Phi) is 5.16. The molecule has 0 aliphatic rings. The Bertz CT molecular complexity index is 697. The molecule has 1 N–H and O–H groups in total. The Morgan fingerprint density at radius 1 is 1.33 bits per heavy atom. The summed E-state index contributed by atoms with van der Waals surface area (Å²) in [6, 6.07) is 10.4. The molecule has 1 aromatic heterocycles. The van der Waals surface area contributed by atoms with Gasteiger partial charge in [0.2, 0.25) is 0 Å². The zero-order chi connectivity index (χ0) is 15.2. The van der Waals surface area contributed by atoms with Crippen molar-refractivity contribution in [3.63, 3.8) is 0 Å². The minimum Gasteiger partial charge on any atom is -0.321 e. The third kappa shape index (κ3) is 3.95. The second-order valence-corrected chi connectivity index (χ2v) is 5.35. The average molecular weight is 303 g/mol. The van der Waals surface area contributed by atoms with Gasteiger partial charge in [-0.15, -0.1) is 11.8 Å². The number of hydrogen-bond donors (Lipinski definition) is 1. The molecule has 2 rings (SSSR count). The van der Waals surface area contributed by atoms with E-state index >= 15 is 0 Å². The molecule has 1 heterocycles. The van der Waals surface area contributed by atoms with Gasteiger partial charge in [-0.1, -0.05) is 13.0 Å². The zero-order valence-corrected chi connectivity index (χ0v) is 12.8. The molecule has 5 nitrogen and oxygen atoms in total. The van der Waals surface area contributed by atoms with Gasteiger partial charge in [-0.25, -0.2) is 4.68 Å². The fourth-order valence-electron chi connectivity index (χ4n) is 1.84. The second kappa shape index (κ2) is 7.08. The highest BCUT2D eigenvalue weighted by molar-refractivity contribution is 7.98. The number of nitrogens with zero attached hydrogens (tertiary/aromatic N) is 2. The Labute approximate surface area is 127 Å². The van der Waals surface area contributed by atoms with Crippen molar-refractivity contribution in [1.29, 1.82) is 0 Å². The van der Waals surface area contributed by atoms with Crippen molar-refractivity contribution in [2.45, 2.75) is 24.8 Å². The third-order valence-corrected chi connectivity index (χ3v) is 3.59. The number of anilines is 1. The molecule has 0 radical (unpaired) electrons. The lowest BCUT2D eigenvalue weighted by molar-refractivity contribution is 0.101. The van der Waals surface area contributed by atoms with Crippen LogP contribution in [0.2, 0.25) is 0 Å². The molecule has 0 spiro atoms. The van der Waals surface area contributed by atoms with Gasteiger partial charge in [0.05, 0.1) is 0 Å². The summed E-state index contributed by atoms with van der Waals surface area (Å²) in [7, 11) is 0. The van der Waals surface area contributed by atoms with E-state index in [2.05, 4.69) is 10.4 Å². The smallest absolute Gasteiger partial charge is 0.276 e. The quantitative estimate of drug-likeness (QED) is 0.862. The van der Waals surface area contributed by atoms with Crippen LogP contribution in [-0.4, -0.2) is 21.9 Å². The molecule has 0 bridgehead atoms. The van der Waals surface area contributed by atoms with Crippen molar-refractivity contribution in [1.82, 2.24) is 9.78 Å². The molecule has 1 aromatic carbocycles. The van der Waals surface area contributed by atoms with Crippen molar-refractivity contribution < 1.29 is 4.79 Å². The number of benzene rings is 1. The van der Waals surface area contributed by atoms with Crippen LogP contribution in [0, 0.1) is 0 Å². The Balaban J connectivity index is 2.19. The number of thioether (sulfide) groups is 1. The first-order valence-electron chi connectivity index (χ1n) is 6.67. The highest BCUT2D eigenvalue weighted by atomic mass is 32.2. The SMILES string of the molecule is CCCn1nc(C(=O)Nc2cccc(SC)c2)ccc1=O. The van der Waals surface area contributed by atoms with Gasteiger partial charge < -0.3 is 5.32 Å². The van der Waals surface area contributed by atoms with Gasteiger partial charge in [0.15, 0.2) is 0 Å². The predicted octanol–water partition coefficient (Wildman–Crippen LogP) is 2.63. The molecule has 0 fully saturated rings. The van der Waals surface area contributed by atoms with Crippen LogP contribution < -0.4 is 10.9 Å². The van der Waals surface area contributed by atoms with Gasteiger partial charge in [0.1, 0.15) is 5.69 Å². The maximum atomic E-state index is 12.2. The molecule has 110 valence electrons. The Morgan fingerprint density at radius 3 is 2.86 bits per heavy atom. The Morgan fingerprint density at radius 2 is 2.14 bits per heavy atom. The van der Waals surface area contributed by atoms with Crippen molar-refractivity contribution in [3.05, 3.63) is 52.4 Å². The minimum absolute atomic E-state index is 0.196. The highest BCUT2D eigenvalue weighted by Crippen LogP contribution is 2.19. The van der Waals surface area contributed by atoms with Gasteiger partial charge >= 0.3 is 0 Å². The lowest BCUT2D eigenvalue weighted by Crippen LogP contribution is -2.26. The van der Waals surface area contributed by atoms with Gasteiger partial charge in [-0.2, -0.15) is 5.10 Å². The second-order valence-electron chi connectivity index (χ2n) is 4.47. The molecule has 0 atom stereocenters. The summed E-state index contributed by atoms with van der Waals surface area (Å²) in [6.45, 7) is 2.46. The number of carbonyl (C=O) groups is 1. The van der Waals surface area contributed by atoms with E-state index in [1.807, 2.05) is 37.4 Å². The summed E-state index contributed by atoms with van der Waals surface area (Å²) in [5.41, 5.74) is 0.747. The number of aryl methyl sites for hydroxylation is 1. The first-order valence-corrected chi connectivity index (χ1v) is 7.90. The molecule has 0 unspecified atom stereocenters. The van der Waals surface area contributed by atoms with Crippen LogP contribution in [-0.2, 0) is 6.54 Å². The summed E-state index contributed by atoms with van der Waals surface area (Å²) < 4.78 is 1.31. The Hall–Kier alpha value is -2.08. The maximum Gasteiger partial charge on any atom is 0.276 e. The molecule has 0 saturated carbocycles. The minimum atomic E-state index is -0.321. The first-order chi connectivity index (χ1) is 10.1. The molecular weight excluding hydrogens is 286 g/mol. The summed E-state index contributed by atoms with van der Waals surface area (Å²) in [4.78, 5) is 24.8. The van der Waals surface area contributed by atoms with Gasteiger partial charge in [0.25, 0.3) is 11.5 Å². The van der Waals surface area contributed by atoms with E-state index in [0.717, 1.165) is 11.3 Å². The molecule has 21 heavy (non-hydrogen) atoms. The van der Waals surface area contributed by atoms with Crippen LogP contribution in [0.5, 0.6) is 0 Å². The van der Waals surface area contributed by atoms with Crippen LogP contribution in [0.3, 0.4) is 0 Å². The summed E-state index contributed by atoms with van der Waals surface area (Å²) in [5.74, 6) is -0.321. The first kappa shape index (κ1) is 15.3. The lowest BCUT2D eigenvalue weighted by atomic mass is 10.3. The highest BCUT2D eigenvalue weighted by Gasteiger charge is 2.10. The summed E-state index contributed by atoms with van der Waals surface area (Å²) in [6.07, 6.45) is 2.76. The van der Waals surface area contributed by atoms with Crippen LogP contribution in [0.25, 0.3) is 0 Å². The van der Waals surface area contributed by atoms with Crippen molar-refractivity contribution >= 4 is 23.4 Å². The molecule has 6 heteroatoms. The van der Waals surface area contributed by atoms with Crippen LogP contribution in [0.1, 0.15) is 23.8 Å². The van der Waals surface area contributed by atoms with Gasteiger partial charge in [-0.05, 0) is 36.9 Å². The molecular formula is C15H17N3O2S. The number of aromatic nitrogens is 2. The molecule has 0 saturated heterocycles. The third-order valence-electron chi connectivity index (χ3n) is 2.86. The van der Waals surface area contributed by atoms with Gasteiger partial charge in [-0.3, -0.25) is 9.59 Å². The maximum absolute atomic E-state index is 12.2. The van der Waals surface area contributed by atoms with E-state index in [9.17, 15) is 9.59 Å². The van der Waals surface area contributed by atoms with E-state index in [4.69, 9.17) is 0 Å². The van der Waals surface area contributed by atoms with E-state index in [0.29, 0.717) is 12.2 Å². The fourth-order valence-corrected chi connectivity index (χ4v) is 2.30. The number of amides is 1. The molecule has 0 aliphatic carbocycles. The molecule has 2 aromatic rings. The van der Waals surface area contributed by atoms with E-state index in [-0.39, 0.29) is 17.2 Å². The number of nitrogens with one attached hydrogen (secondary N) is 1. The monoisotopic (exact) mass is 303 g/mol. The van der Waals surface area contributed by atoms with Crippen LogP contribution >= 0.6 is 11.8 Å². The molecule has 0 aliphatic heterocycles. The predicted molar refractivity (Wildman–Crippen MR) is 85.0 cm³/mol. The number of rotatable bonds is 5. The standard InChI is InChI=1S/C15H17N3O2S/c1-3-9-18-14(19)8-7-13(17-18)15(20)16-11-5-4-6-12(10-11)21-2/h4-8,10H,3,9H2,1-2H3,(H,16,20). The number of hydrogen-bond acceptors (Lipinski definition) is 4. The van der Waals surface area contributed by atoms with Crippen molar-refractivity contribution in [2.75, 3.05) is 11.6 Å². The number of carbonyl (C=O) groups excluding carboxylic acids is 1. The van der Waals surface area contributed by atoms with Crippen LogP contribution in [0.4, 0.5) is 5.69 Å². The van der Waals surface area contributed by atoms with Crippen LogP contribution in [0.15, 0.2) is 46.1 Å². The van der Waals surface area contributed by atoms with Crippen molar-refractivity contribution in [2.24, 2.45) is 0 Å². The van der Waals surface area contributed by atoms with E-state index in [1.54, 1.807) is 11.8 Å². The van der Waals surface area contributed by atoms with Gasteiger partial charge in [0, 0.05) is 23.2 Å². The largest absolute Gasteiger partial charge is 0.321 e. The average Bonchev–Trinajstić information content (AvgIpc) is 2.50. The summed E-state index contributed by atoms with van der Waals surface area (Å²) in [5, 5.41) is 6.88. The summed E-state index contributed by atoms with van der Waals surface area (Å²) >= 11 is 1.60. The fraction of sp³-hybridized carbons (Fsp3) is 0.267. The van der Waals surface area contributed by atoms with E-state index < -0.39 is 0 Å².